The summed E-state index contributed by atoms with van der Waals surface area (Å²) in [5, 5.41) is 4.64. The van der Waals surface area contributed by atoms with Crippen molar-refractivity contribution in [1.29, 1.82) is 0 Å². The Kier molecular flexibility index (Phi) is 5.28. The van der Waals surface area contributed by atoms with Crippen LogP contribution in [-0.2, 0) is 0 Å². The van der Waals surface area contributed by atoms with Gasteiger partial charge in [-0.1, -0.05) is 72.8 Å². The van der Waals surface area contributed by atoms with Gasteiger partial charge in [-0.2, -0.15) is 15.0 Å². The maximum Gasteiger partial charge on any atom is 0.240 e. The molecule has 6 nitrogen and oxygen atoms in total. The maximum absolute atomic E-state index is 5.23. The van der Waals surface area contributed by atoms with Crippen molar-refractivity contribution in [2.45, 2.75) is 27.7 Å². The van der Waals surface area contributed by atoms with Gasteiger partial charge in [0.15, 0.2) is 5.82 Å². The monoisotopic (exact) mass is 544 g/mol. The van der Waals surface area contributed by atoms with Crippen molar-refractivity contribution in [3.8, 4) is 23.3 Å². The molecule has 4 heterocycles. The number of hydrogen-bond donors (Lipinski definition) is 0. The van der Waals surface area contributed by atoms with E-state index in [0.29, 0.717) is 17.7 Å². The molecule has 4 aromatic heterocycles. The van der Waals surface area contributed by atoms with Gasteiger partial charge in [-0.05, 0) is 63.1 Å². The number of para-hydroxylation sites is 4. The highest BCUT2D eigenvalue weighted by Gasteiger charge is 2.22. The van der Waals surface area contributed by atoms with Crippen molar-refractivity contribution in [1.82, 2.24) is 29.1 Å². The van der Waals surface area contributed by atoms with E-state index < -0.39 is 0 Å². The molecule has 0 aliphatic rings. The van der Waals surface area contributed by atoms with Crippen LogP contribution in [0.2, 0.25) is 0 Å². The van der Waals surface area contributed by atoms with Crippen LogP contribution in [0.1, 0.15) is 22.5 Å². The lowest BCUT2D eigenvalue weighted by atomic mass is 10.0. The maximum atomic E-state index is 5.23. The number of benzene rings is 4. The summed E-state index contributed by atoms with van der Waals surface area (Å²) in [6, 6.07) is 33.7. The van der Waals surface area contributed by atoms with Gasteiger partial charge in [0, 0.05) is 38.5 Å². The Bertz CT molecular complexity index is 2120. The van der Waals surface area contributed by atoms with Crippen LogP contribution < -0.4 is 0 Å². The first-order valence-corrected chi connectivity index (χ1v) is 14.2. The summed E-state index contributed by atoms with van der Waals surface area (Å²) in [4.78, 5) is 20.5. The Hall–Kier alpha value is -5.36. The molecule has 6 heteroatoms. The molecule has 42 heavy (non-hydrogen) atoms. The molecule has 0 unspecified atom stereocenters. The van der Waals surface area contributed by atoms with Crippen LogP contribution in [0.15, 0.2) is 97.1 Å². The third-order valence-corrected chi connectivity index (χ3v) is 8.57. The molecule has 0 atom stereocenters. The minimum Gasteiger partial charge on any atom is -0.278 e. The fraction of sp³-hybridized carbons (Fsp3) is 0.111. The molecule has 8 aromatic rings. The number of aromatic nitrogens is 6. The van der Waals surface area contributed by atoms with E-state index in [1.54, 1.807) is 0 Å². The summed E-state index contributed by atoms with van der Waals surface area (Å²) in [6.45, 7) is 8.35. The number of nitrogens with zero attached hydrogens (tertiary/aromatic N) is 6. The lowest BCUT2D eigenvalue weighted by Gasteiger charge is -2.16. The second-order valence-corrected chi connectivity index (χ2v) is 10.9. The minimum atomic E-state index is 0.575. The first kappa shape index (κ1) is 24.4. The van der Waals surface area contributed by atoms with Crippen LogP contribution in [0.4, 0.5) is 0 Å². The van der Waals surface area contributed by atoms with E-state index in [4.69, 9.17) is 19.9 Å². The average molecular weight is 545 g/mol. The summed E-state index contributed by atoms with van der Waals surface area (Å²) >= 11 is 0. The van der Waals surface area contributed by atoms with Crippen LogP contribution in [0, 0.1) is 27.7 Å². The van der Waals surface area contributed by atoms with E-state index in [0.717, 1.165) is 71.7 Å². The zero-order valence-corrected chi connectivity index (χ0v) is 23.9. The molecule has 4 aromatic carbocycles. The minimum absolute atomic E-state index is 0.575. The quantitative estimate of drug-likeness (QED) is 0.224. The Morgan fingerprint density at radius 1 is 0.405 bits per heavy atom. The summed E-state index contributed by atoms with van der Waals surface area (Å²) in [7, 11) is 0. The fourth-order valence-corrected chi connectivity index (χ4v) is 6.39. The molecule has 0 N–H and O–H groups in total. The Labute approximate surface area is 243 Å². The fourth-order valence-electron chi connectivity index (χ4n) is 6.39. The van der Waals surface area contributed by atoms with E-state index >= 15 is 0 Å². The molecule has 0 spiro atoms. The van der Waals surface area contributed by atoms with Gasteiger partial charge in [-0.15, -0.1) is 0 Å². The molecular weight excluding hydrogens is 516 g/mol. The molecule has 0 amide bonds. The van der Waals surface area contributed by atoms with Crippen LogP contribution in [0.3, 0.4) is 0 Å². The molecule has 0 bridgehead atoms. The molecule has 0 radical (unpaired) electrons. The highest BCUT2D eigenvalue weighted by atomic mass is 15.3. The third kappa shape index (κ3) is 3.45. The largest absolute Gasteiger partial charge is 0.278 e. The second-order valence-electron chi connectivity index (χ2n) is 10.9. The first-order chi connectivity index (χ1) is 20.5. The molecular formula is C36H28N6. The number of rotatable bonds is 3. The number of pyridine rings is 1. The SMILES string of the molecule is Cc1nc(C)c(-c2nc(-n3c4ccccc4c4ccccc43)nc(-n3c4ccccc4c4ccccc43)n2)c(C)c1C. The van der Waals surface area contributed by atoms with Gasteiger partial charge in [-0.25, -0.2) is 0 Å². The molecule has 0 aliphatic heterocycles. The standard InChI is InChI=1S/C36H28N6/c1-21-22(2)33(24(4)37-23(21)3)34-38-35(41-29-17-9-5-13-25(29)26-14-6-10-18-30(26)41)40-36(39-34)42-31-19-11-7-15-27(31)28-16-8-12-20-32(28)42/h5-20H,1-4H3. The van der Waals surface area contributed by atoms with Gasteiger partial charge in [0.05, 0.1) is 22.1 Å². The van der Waals surface area contributed by atoms with Gasteiger partial charge in [-0.3, -0.25) is 14.1 Å². The Morgan fingerprint density at radius 2 is 0.786 bits per heavy atom. The van der Waals surface area contributed by atoms with Gasteiger partial charge in [0.1, 0.15) is 0 Å². The van der Waals surface area contributed by atoms with Crippen molar-refractivity contribution in [2.75, 3.05) is 0 Å². The van der Waals surface area contributed by atoms with Crippen molar-refractivity contribution in [3.05, 3.63) is 120 Å². The highest BCUT2D eigenvalue weighted by Crippen LogP contribution is 2.35. The van der Waals surface area contributed by atoms with Crippen LogP contribution >= 0.6 is 0 Å². The molecule has 8 rings (SSSR count). The van der Waals surface area contributed by atoms with E-state index in [9.17, 15) is 0 Å². The predicted molar refractivity (Wildman–Crippen MR) is 171 cm³/mol. The van der Waals surface area contributed by atoms with Crippen LogP contribution in [0.5, 0.6) is 0 Å². The number of hydrogen-bond acceptors (Lipinski definition) is 4. The Balaban J connectivity index is 1.53. The average Bonchev–Trinajstić information content (AvgIpc) is 3.53. The summed E-state index contributed by atoms with van der Waals surface area (Å²) in [5.74, 6) is 1.77. The summed E-state index contributed by atoms with van der Waals surface area (Å²) in [6.07, 6.45) is 0. The van der Waals surface area contributed by atoms with Gasteiger partial charge >= 0.3 is 0 Å². The number of aryl methyl sites for hydroxylation is 2. The van der Waals surface area contributed by atoms with Crippen molar-refractivity contribution in [3.63, 3.8) is 0 Å². The smallest absolute Gasteiger partial charge is 0.240 e. The van der Waals surface area contributed by atoms with E-state index in [-0.39, 0.29) is 0 Å². The lowest BCUT2D eigenvalue weighted by molar-refractivity contribution is 0.888. The molecule has 0 fully saturated rings. The van der Waals surface area contributed by atoms with Gasteiger partial charge in [0.25, 0.3) is 0 Å². The first-order valence-electron chi connectivity index (χ1n) is 14.2. The van der Waals surface area contributed by atoms with E-state index in [1.165, 1.54) is 0 Å². The van der Waals surface area contributed by atoms with Crippen LogP contribution in [0.25, 0.3) is 66.9 Å². The molecule has 0 saturated carbocycles. The molecule has 0 saturated heterocycles. The topological polar surface area (TPSA) is 61.4 Å². The van der Waals surface area contributed by atoms with Crippen molar-refractivity contribution < 1.29 is 0 Å². The zero-order chi connectivity index (χ0) is 28.5. The summed E-state index contributed by atoms with van der Waals surface area (Å²) in [5.41, 5.74) is 9.36. The van der Waals surface area contributed by atoms with Crippen LogP contribution in [-0.4, -0.2) is 29.1 Å². The van der Waals surface area contributed by atoms with Crippen molar-refractivity contribution >= 4 is 43.6 Å². The second kappa shape index (κ2) is 9.08. The highest BCUT2D eigenvalue weighted by molar-refractivity contribution is 6.10. The van der Waals surface area contributed by atoms with Crippen molar-refractivity contribution in [2.24, 2.45) is 0 Å². The predicted octanol–water partition coefficient (Wildman–Crippen LogP) is 8.36. The molecule has 202 valence electrons. The Morgan fingerprint density at radius 3 is 1.19 bits per heavy atom. The number of fused-ring (bicyclic) bond motifs is 6. The molecule has 0 aliphatic carbocycles. The zero-order valence-electron chi connectivity index (χ0n) is 23.9. The third-order valence-electron chi connectivity index (χ3n) is 8.57. The van der Waals surface area contributed by atoms with Gasteiger partial charge < -0.3 is 0 Å². The normalized spacial score (nSPS) is 11.8. The van der Waals surface area contributed by atoms with Gasteiger partial charge in [0.2, 0.25) is 11.9 Å². The summed E-state index contributed by atoms with van der Waals surface area (Å²) < 4.78 is 4.32. The lowest BCUT2D eigenvalue weighted by Crippen LogP contribution is -2.11. The van der Waals surface area contributed by atoms with E-state index in [1.807, 2.05) is 6.92 Å². The van der Waals surface area contributed by atoms with E-state index in [2.05, 4.69) is 127 Å².